The number of nitrogens with zero attached hydrogens (tertiary/aromatic N) is 3. The zero-order valence-corrected chi connectivity index (χ0v) is 12.2. The van der Waals surface area contributed by atoms with E-state index in [0.29, 0.717) is 6.54 Å². The van der Waals surface area contributed by atoms with Gasteiger partial charge in [0.1, 0.15) is 0 Å². The minimum absolute atomic E-state index is 0.231. The minimum Gasteiger partial charge on any atom is -0.399 e. The summed E-state index contributed by atoms with van der Waals surface area (Å²) in [4.78, 5) is 13.2. The number of hydrogen-bond acceptors (Lipinski definition) is 4. The third kappa shape index (κ3) is 4.92. The van der Waals surface area contributed by atoms with Crippen LogP contribution in [0.5, 0.6) is 0 Å². The number of benzene rings is 1. The van der Waals surface area contributed by atoms with Gasteiger partial charge in [0.25, 0.3) is 0 Å². The molecule has 112 valence electrons. The number of primary amides is 1. The number of nitrogens with two attached hydrogens (primary N) is 2. The molecule has 0 atom stereocenters. The third-order valence-electron chi connectivity index (χ3n) is 3.21. The van der Waals surface area contributed by atoms with Gasteiger partial charge in [0.05, 0.1) is 12.7 Å². The lowest BCUT2D eigenvalue weighted by molar-refractivity contribution is -0.119. The Morgan fingerprint density at radius 2 is 2.19 bits per heavy atom. The third-order valence-corrected chi connectivity index (χ3v) is 3.21. The number of hydrogen-bond donors (Lipinski definition) is 2. The Morgan fingerprint density at radius 3 is 2.81 bits per heavy atom. The molecule has 1 aromatic carbocycles. The molecule has 0 fully saturated rings. The monoisotopic (exact) mass is 287 g/mol. The van der Waals surface area contributed by atoms with E-state index >= 15 is 0 Å². The molecule has 0 spiro atoms. The quantitative estimate of drug-likeness (QED) is 0.727. The van der Waals surface area contributed by atoms with Crippen molar-refractivity contribution in [2.45, 2.75) is 13.0 Å². The van der Waals surface area contributed by atoms with Crippen LogP contribution >= 0.6 is 0 Å². The van der Waals surface area contributed by atoms with Gasteiger partial charge in [-0.1, -0.05) is 12.1 Å². The highest BCUT2D eigenvalue weighted by Crippen LogP contribution is 2.10. The fourth-order valence-corrected chi connectivity index (χ4v) is 2.27. The van der Waals surface area contributed by atoms with Crippen LogP contribution in [-0.4, -0.2) is 33.7 Å². The summed E-state index contributed by atoms with van der Waals surface area (Å²) in [5.74, 6) is -0.329. The summed E-state index contributed by atoms with van der Waals surface area (Å²) in [6.07, 6.45) is 4.63. The van der Waals surface area contributed by atoms with E-state index in [1.165, 1.54) is 0 Å². The molecule has 0 aliphatic carbocycles. The van der Waals surface area contributed by atoms with Crippen molar-refractivity contribution in [3.8, 4) is 0 Å². The molecule has 0 saturated carbocycles. The topological polar surface area (TPSA) is 90.2 Å². The molecule has 2 rings (SSSR count). The SMILES string of the molecule is Cn1cc(CCN(CC(N)=O)Cc2cccc(N)c2)cn1. The maximum atomic E-state index is 11.2. The maximum absolute atomic E-state index is 11.2. The maximum Gasteiger partial charge on any atom is 0.231 e. The predicted octanol–water partition coefficient (Wildman–Crippen LogP) is 0.532. The lowest BCUT2D eigenvalue weighted by Gasteiger charge is -2.20. The Bertz CT molecular complexity index is 608. The summed E-state index contributed by atoms with van der Waals surface area (Å²) in [5.41, 5.74) is 14.0. The van der Waals surface area contributed by atoms with E-state index in [-0.39, 0.29) is 12.5 Å². The Balaban J connectivity index is 1.98. The molecular formula is C15H21N5O. The highest BCUT2D eigenvalue weighted by atomic mass is 16.1. The first-order valence-corrected chi connectivity index (χ1v) is 6.85. The molecule has 1 amide bonds. The number of aromatic nitrogens is 2. The Kier molecular flexibility index (Phi) is 4.94. The predicted molar refractivity (Wildman–Crippen MR) is 82.2 cm³/mol. The highest BCUT2D eigenvalue weighted by Gasteiger charge is 2.10. The molecule has 0 saturated heterocycles. The zero-order chi connectivity index (χ0) is 15.2. The minimum atomic E-state index is -0.329. The van der Waals surface area contributed by atoms with Crippen LogP contribution in [0.2, 0.25) is 0 Å². The molecule has 1 aromatic heterocycles. The van der Waals surface area contributed by atoms with Crippen molar-refractivity contribution in [3.63, 3.8) is 0 Å². The molecule has 1 heterocycles. The van der Waals surface area contributed by atoms with E-state index in [9.17, 15) is 4.79 Å². The highest BCUT2D eigenvalue weighted by molar-refractivity contribution is 5.75. The van der Waals surface area contributed by atoms with Gasteiger partial charge in [-0.05, 0) is 29.7 Å². The summed E-state index contributed by atoms with van der Waals surface area (Å²) in [6.45, 7) is 1.62. The van der Waals surface area contributed by atoms with Crippen LogP contribution in [0, 0.1) is 0 Å². The Hall–Kier alpha value is -2.34. The molecule has 6 nitrogen and oxygen atoms in total. The largest absolute Gasteiger partial charge is 0.399 e. The molecule has 0 radical (unpaired) electrons. The van der Waals surface area contributed by atoms with Crippen LogP contribution in [0.4, 0.5) is 5.69 Å². The number of aryl methyl sites for hydroxylation is 1. The first kappa shape index (κ1) is 15.1. The second kappa shape index (κ2) is 6.90. The summed E-state index contributed by atoms with van der Waals surface area (Å²) >= 11 is 0. The summed E-state index contributed by atoms with van der Waals surface area (Å²) in [6, 6.07) is 7.66. The average Bonchev–Trinajstić information content (AvgIpc) is 2.81. The van der Waals surface area contributed by atoms with Crippen LogP contribution in [-0.2, 0) is 24.8 Å². The van der Waals surface area contributed by atoms with Gasteiger partial charge < -0.3 is 11.5 Å². The van der Waals surface area contributed by atoms with Crippen LogP contribution in [0.15, 0.2) is 36.7 Å². The Labute approximate surface area is 124 Å². The molecule has 0 unspecified atom stereocenters. The number of nitrogen functional groups attached to an aromatic ring is 1. The van der Waals surface area contributed by atoms with Gasteiger partial charge in [-0.2, -0.15) is 5.10 Å². The van der Waals surface area contributed by atoms with Crippen LogP contribution in [0.25, 0.3) is 0 Å². The lowest BCUT2D eigenvalue weighted by atomic mass is 10.1. The van der Waals surface area contributed by atoms with Crippen LogP contribution in [0.1, 0.15) is 11.1 Å². The molecule has 0 aliphatic heterocycles. The zero-order valence-electron chi connectivity index (χ0n) is 12.2. The van der Waals surface area contributed by atoms with Gasteiger partial charge in [0.2, 0.25) is 5.91 Å². The van der Waals surface area contributed by atoms with Gasteiger partial charge in [-0.25, -0.2) is 0 Å². The molecule has 6 heteroatoms. The second-order valence-corrected chi connectivity index (χ2v) is 5.19. The van der Waals surface area contributed by atoms with E-state index < -0.39 is 0 Å². The van der Waals surface area contributed by atoms with E-state index in [1.54, 1.807) is 4.68 Å². The van der Waals surface area contributed by atoms with Crippen molar-refractivity contribution in [3.05, 3.63) is 47.8 Å². The van der Waals surface area contributed by atoms with Crippen molar-refractivity contribution < 1.29 is 4.79 Å². The number of anilines is 1. The summed E-state index contributed by atoms with van der Waals surface area (Å²) < 4.78 is 1.77. The lowest BCUT2D eigenvalue weighted by Crippen LogP contribution is -2.34. The van der Waals surface area contributed by atoms with E-state index in [1.807, 2.05) is 48.6 Å². The molecule has 2 aromatic rings. The second-order valence-electron chi connectivity index (χ2n) is 5.19. The summed E-state index contributed by atoms with van der Waals surface area (Å²) in [7, 11) is 1.89. The van der Waals surface area contributed by atoms with Gasteiger partial charge in [-0.15, -0.1) is 0 Å². The molecule has 0 bridgehead atoms. The van der Waals surface area contributed by atoms with Crippen molar-refractivity contribution >= 4 is 11.6 Å². The smallest absolute Gasteiger partial charge is 0.231 e. The van der Waals surface area contributed by atoms with Crippen molar-refractivity contribution in [2.75, 3.05) is 18.8 Å². The fraction of sp³-hybridized carbons (Fsp3) is 0.333. The van der Waals surface area contributed by atoms with Crippen molar-refractivity contribution in [1.82, 2.24) is 14.7 Å². The first-order valence-electron chi connectivity index (χ1n) is 6.85. The number of amides is 1. The van der Waals surface area contributed by atoms with Gasteiger partial charge in [0, 0.05) is 32.0 Å². The van der Waals surface area contributed by atoms with Crippen molar-refractivity contribution in [1.29, 1.82) is 0 Å². The van der Waals surface area contributed by atoms with Gasteiger partial charge in [0.15, 0.2) is 0 Å². The number of carbonyl (C=O) groups is 1. The number of rotatable bonds is 7. The average molecular weight is 287 g/mol. The normalized spacial score (nSPS) is 11.0. The van der Waals surface area contributed by atoms with Crippen LogP contribution in [0.3, 0.4) is 0 Å². The molecule has 4 N–H and O–H groups in total. The molecule has 21 heavy (non-hydrogen) atoms. The molecular weight excluding hydrogens is 266 g/mol. The number of carbonyl (C=O) groups excluding carboxylic acids is 1. The standard InChI is InChI=1S/C15H21N5O/c1-19-9-13(8-18-19)5-6-20(11-15(17)21)10-12-3-2-4-14(16)7-12/h2-4,7-9H,5-6,10-11,16H2,1H3,(H2,17,21). The Morgan fingerprint density at radius 1 is 1.38 bits per heavy atom. The fourth-order valence-electron chi connectivity index (χ4n) is 2.27. The first-order chi connectivity index (χ1) is 10.0. The van der Waals surface area contributed by atoms with Gasteiger partial charge in [-0.3, -0.25) is 14.4 Å². The van der Waals surface area contributed by atoms with E-state index in [0.717, 1.165) is 29.8 Å². The van der Waals surface area contributed by atoms with Gasteiger partial charge >= 0.3 is 0 Å². The van der Waals surface area contributed by atoms with E-state index in [2.05, 4.69) is 5.10 Å². The van der Waals surface area contributed by atoms with E-state index in [4.69, 9.17) is 11.5 Å². The van der Waals surface area contributed by atoms with Crippen LogP contribution < -0.4 is 11.5 Å². The van der Waals surface area contributed by atoms with Crippen molar-refractivity contribution in [2.24, 2.45) is 12.8 Å². The molecule has 0 aliphatic rings. The summed E-state index contributed by atoms with van der Waals surface area (Å²) in [5, 5.41) is 4.14.